The summed E-state index contributed by atoms with van der Waals surface area (Å²) in [5.41, 5.74) is 4.41. The van der Waals surface area contributed by atoms with Crippen molar-refractivity contribution in [1.82, 2.24) is 4.90 Å². The highest BCUT2D eigenvalue weighted by molar-refractivity contribution is 6.30. The van der Waals surface area contributed by atoms with E-state index in [1.54, 1.807) is 30.3 Å². The Labute approximate surface area is 208 Å². The summed E-state index contributed by atoms with van der Waals surface area (Å²) in [5.74, 6) is -1.16. The Hall–Kier alpha value is -4.15. The number of aliphatic carboxylic acids is 1. The molecule has 1 N–H and O–H groups in total. The van der Waals surface area contributed by atoms with Gasteiger partial charge in [-0.05, 0) is 40.5 Å². The lowest BCUT2D eigenvalue weighted by molar-refractivity contribution is -0.137. The van der Waals surface area contributed by atoms with Gasteiger partial charge in [-0.1, -0.05) is 66.2 Å². The number of nitriles is 1. The number of aliphatic imine (C=N–C) groups is 1. The molecule has 0 bridgehead atoms. The van der Waals surface area contributed by atoms with Crippen molar-refractivity contribution < 1.29 is 14.7 Å². The Kier molecular flexibility index (Phi) is 7.14. The molecule has 7 nitrogen and oxygen atoms in total. The van der Waals surface area contributed by atoms with E-state index in [0.717, 1.165) is 27.9 Å². The van der Waals surface area contributed by atoms with Gasteiger partial charge in [-0.3, -0.25) is 9.59 Å². The van der Waals surface area contributed by atoms with E-state index in [9.17, 15) is 14.7 Å². The van der Waals surface area contributed by atoms with Crippen LogP contribution in [0.5, 0.6) is 0 Å². The predicted octanol–water partition coefficient (Wildman–Crippen LogP) is 4.82. The van der Waals surface area contributed by atoms with Crippen molar-refractivity contribution in [2.75, 3.05) is 18.5 Å². The third-order valence-corrected chi connectivity index (χ3v) is 6.41. The predicted molar refractivity (Wildman–Crippen MR) is 134 cm³/mol. The Morgan fingerprint density at radius 2 is 1.89 bits per heavy atom. The van der Waals surface area contributed by atoms with Crippen molar-refractivity contribution in [3.63, 3.8) is 0 Å². The molecule has 1 heterocycles. The van der Waals surface area contributed by atoms with Gasteiger partial charge in [-0.2, -0.15) is 10.3 Å². The zero-order valence-electron chi connectivity index (χ0n) is 19.0. The molecule has 0 saturated carbocycles. The number of carbonyl (C=O) groups excluding carboxylic acids is 1. The smallest absolute Gasteiger partial charge is 0.323 e. The Morgan fingerprint density at radius 3 is 2.54 bits per heavy atom. The summed E-state index contributed by atoms with van der Waals surface area (Å²) in [6, 6.07) is 22.2. The van der Waals surface area contributed by atoms with Gasteiger partial charge in [-0.25, -0.2) is 0 Å². The Morgan fingerprint density at radius 1 is 1.20 bits per heavy atom. The SMILES string of the molecule is CN1C(=O)CC(c2ccccc2)c2cc(C(c3ccc(Cl)cc3)N(C=NC#N)CC(=O)O)ccc21. The van der Waals surface area contributed by atoms with Crippen LogP contribution in [0.2, 0.25) is 5.02 Å². The molecule has 0 aliphatic carbocycles. The van der Waals surface area contributed by atoms with E-state index in [1.807, 2.05) is 60.7 Å². The van der Waals surface area contributed by atoms with Crippen LogP contribution >= 0.6 is 11.6 Å². The zero-order chi connectivity index (χ0) is 24.9. The molecule has 3 aromatic rings. The maximum absolute atomic E-state index is 12.8. The van der Waals surface area contributed by atoms with Crippen LogP contribution < -0.4 is 4.90 Å². The molecule has 0 saturated heterocycles. The van der Waals surface area contributed by atoms with Crippen LogP contribution in [0.3, 0.4) is 0 Å². The van der Waals surface area contributed by atoms with Crippen molar-refractivity contribution in [2.45, 2.75) is 18.4 Å². The number of carboxylic acids is 1. The second-order valence-corrected chi connectivity index (χ2v) is 8.74. The first kappa shape index (κ1) is 24.0. The highest BCUT2D eigenvalue weighted by Crippen LogP contribution is 2.42. The highest BCUT2D eigenvalue weighted by atomic mass is 35.5. The Balaban J connectivity index is 1.89. The van der Waals surface area contributed by atoms with Gasteiger partial charge in [0.15, 0.2) is 0 Å². The molecule has 0 spiro atoms. The first-order valence-corrected chi connectivity index (χ1v) is 11.4. The second kappa shape index (κ2) is 10.4. The lowest BCUT2D eigenvalue weighted by Crippen LogP contribution is -2.35. The van der Waals surface area contributed by atoms with E-state index in [0.29, 0.717) is 11.4 Å². The minimum absolute atomic E-state index is 0.0296. The average molecular weight is 487 g/mol. The number of carboxylic acid groups (broad SMARTS) is 1. The van der Waals surface area contributed by atoms with Crippen molar-refractivity contribution >= 4 is 35.5 Å². The van der Waals surface area contributed by atoms with E-state index in [2.05, 4.69) is 4.99 Å². The number of nitrogens with zero attached hydrogens (tertiary/aromatic N) is 4. The minimum Gasteiger partial charge on any atom is -0.480 e. The van der Waals surface area contributed by atoms with Gasteiger partial charge >= 0.3 is 5.97 Å². The van der Waals surface area contributed by atoms with Crippen LogP contribution in [0.4, 0.5) is 5.69 Å². The van der Waals surface area contributed by atoms with E-state index >= 15 is 0 Å². The zero-order valence-corrected chi connectivity index (χ0v) is 19.8. The third kappa shape index (κ3) is 5.18. The number of hydrogen-bond acceptors (Lipinski definition) is 4. The summed E-state index contributed by atoms with van der Waals surface area (Å²) in [6.07, 6.45) is 3.27. The lowest BCUT2D eigenvalue weighted by atomic mass is 9.82. The summed E-state index contributed by atoms with van der Waals surface area (Å²) in [5, 5.41) is 19.1. The molecule has 1 amide bonds. The van der Waals surface area contributed by atoms with E-state index in [4.69, 9.17) is 16.9 Å². The van der Waals surface area contributed by atoms with Crippen molar-refractivity contribution in [3.05, 3.63) is 100 Å². The maximum Gasteiger partial charge on any atom is 0.323 e. The summed E-state index contributed by atoms with van der Waals surface area (Å²) in [4.78, 5) is 31.3. The number of anilines is 1. The van der Waals surface area contributed by atoms with E-state index < -0.39 is 12.0 Å². The maximum atomic E-state index is 12.8. The number of amides is 1. The number of rotatable bonds is 7. The van der Waals surface area contributed by atoms with Crippen molar-refractivity contribution in [1.29, 1.82) is 5.26 Å². The number of fused-ring (bicyclic) bond motifs is 1. The number of hydrogen-bond donors (Lipinski definition) is 1. The molecule has 0 aromatic heterocycles. The molecule has 2 unspecified atom stereocenters. The molecule has 8 heteroatoms. The second-order valence-electron chi connectivity index (χ2n) is 8.30. The van der Waals surface area contributed by atoms with Crippen LogP contribution in [0.15, 0.2) is 77.8 Å². The van der Waals surface area contributed by atoms with E-state index in [-0.39, 0.29) is 18.4 Å². The molecule has 3 aromatic carbocycles. The van der Waals surface area contributed by atoms with Gasteiger partial charge in [0.2, 0.25) is 12.1 Å². The standard InChI is InChI=1S/C27H23ClN4O3/c1-31-24-12-9-20(13-23(24)22(14-25(31)33)18-5-3-2-4-6-18)27(19-7-10-21(28)11-8-19)32(15-26(34)35)17-30-16-29/h2-13,17,22,27H,14-15H2,1H3,(H,34,35). The molecular weight excluding hydrogens is 464 g/mol. The largest absolute Gasteiger partial charge is 0.480 e. The monoisotopic (exact) mass is 486 g/mol. The minimum atomic E-state index is -1.06. The first-order valence-electron chi connectivity index (χ1n) is 11.0. The summed E-state index contributed by atoms with van der Waals surface area (Å²) in [6.45, 7) is -0.365. The van der Waals surface area contributed by atoms with Crippen molar-refractivity contribution in [2.24, 2.45) is 4.99 Å². The number of benzene rings is 3. The summed E-state index contributed by atoms with van der Waals surface area (Å²) in [7, 11) is 1.76. The van der Waals surface area contributed by atoms with Gasteiger partial charge in [0.05, 0.1) is 6.04 Å². The average Bonchev–Trinajstić information content (AvgIpc) is 2.86. The topological polar surface area (TPSA) is 97.0 Å². The number of halogens is 1. The van der Waals surface area contributed by atoms with E-state index in [1.165, 1.54) is 11.2 Å². The fourth-order valence-electron chi connectivity index (χ4n) is 4.54. The molecule has 1 aliphatic rings. The van der Waals surface area contributed by atoms with Crippen LogP contribution in [0.25, 0.3) is 0 Å². The Bertz CT molecular complexity index is 1300. The third-order valence-electron chi connectivity index (χ3n) is 6.16. The summed E-state index contributed by atoms with van der Waals surface area (Å²) >= 11 is 6.11. The molecule has 1 aliphatic heterocycles. The molecule has 35 heavy (non-hydrogen) atoms. The van der Waals surface area contributed by atoms with Gasteiger partial charge in [0, 0.05) is 30.1 Å². The fraction of sp³-hybridized carbons (Fsp3) is 0.185. The van der Waals surface area contributed by atoms with Crippen molar-refractivity contribution in [3.8, 4) is 6.19 Å². The fourth-order valence-corrected chi connectivity index (χ4v) is 4.67. The van der Waals surface area contributed by atoms with Gasteiger partial charge < -0.3 is 14.9 Å². The highest BCUT2D eigenvalue weighted by Gasteiger charge is 2.32. The molecule has 0 radical (unpaired) electrons. The molecule has 0 fully saturated rings. The molecule has 4 rings (SSSR count). The van der Waals surface area contributed by atoms with Crippen LogP contribution in [0.1, 0.15) is 40.6 Å². The summed E-state index contributed by atoms with van der Waals surface area (Å²) < 4.78 is 0. The number of carbonyl (C=O) groups is 2. The van der Waals surface area contributed by atoms with Gasteiger partial charge in [0.1, 0.15) is 12.9 Å². The van der Waals surface area contributed by atoms with Gasteiger partial charge in [0.25, 0.3) is 0 Å². The van der Waals surface area contributed by atoms with Crippen LogP contribution in [0, 0.1) is 11.5 Å². The normalized spacial score (nSPS) is 16.0. The quantitative estimate of drug-likeness (QED) is 0.293. The molecular formula is C27H23ClN4O3. The first-order chi connectivity index (χ1) is 16.9. The molecule has 2 atom stereocenters. The lowest BCUT2D eigenvalue weighted by Gasteiger charge is -2.34. The van der Waals surface area contributed by atoms with Crippen LogP contribution in [-0.2, 0) is 9.59 Å². The van der Waals surface area contributed by atoms with Gasteiger partial charge in [-0.15, -0.1) is 0 Å². The molecule has 176 valence electrons. The van der Waals surface area contributed by atoms with Crippen LogP contribution in [-0.4, -0.2) is 41.8 Å².